The molecule has 1 N–H and O–H groups in total. The van der Waals surface area contributed by atoms with Crippen LogP contribution in [0.1, 0.15) is 59.4 Å². The number of hydroxylamine groups is 1. The molecule has 1 fully saturated rings. The van der Waals surface area contributed by atoms with Crippen LogP contribution in [-0.2, 0) is 16.1 Å². The highest BCUT2D eigenvalue weighted by Gasteiger charge is 2.39. The van der Waals surface area contributed by atoms with Crippen LogP contribution in [-0.4, -0.2) is 25.0 Å². The zero-order valence-corrected chi connectivity index (χ0v) is 16.0. The molecule has 0 heterocycles. The second-order valence-electron chi connectivity index (χ2n) is 8.22. The number of aldehydes is 1. The fourth-order valence-electron chi connectivity index (χ4n) is 2.56. The Morgan fingerprint density at radius 1 is 1.25 bits per heavy atom. The van der Waals surface area contributed by atoms with Crippen molar-refractivity contribution < 1.29 is 9.63 Å². The quantitative estimate of drug-likeness (QED) is 0.586. The van der Waals surface area contributed by atoms with Crippen LogP contribution in [0.15, 0.2) is 18.2 Å². The Kier molecular flexibility index (Phi) is 5.59. The summed E-state index contributed by atoms with van der Waals surface area (Å²) >= 11 is 0. The number of carbonyl (C=O) groups is 1. The van der Waals surface area contributed by atoms with Crippen molar-refractivity contribution in [2.75, 3.05) is 17.4 Å². The van der Waals surface area contributed by atoms with E-state index in [9.17, 15) is 4.79 Å². The highest BCUT2D eigenvalue weighted by atomic mass is 16.7. The summed E-state index contributed by atoms with van der Waals surface area (Å²) in [5.74, 6) is 0. The number of anilines is 2. The van der Waals surface area contributed by atoms with Crippen LogP contribution in [0, 0.1) is 5.41 Å². The first-order chi connectivity index (χ1) is 11.2. The first kappa shape index (κ1) is 18.8. The van der Waals surface area contributed by atoms with Gasteiger partial charge in [-0.25, -0.2) is 0 Å². The van der Waals surface area contributed by atoms with Crippen LogP contribution >= 0.6 is 0 Å². The van der Waals surface area contributed by atoms with E-state index in [0.29, 0.717) is 12.5 Å². The normalized spacial score (nSPS) is 15.8. The predicted octanol–water partition coefficient (Wildman–Crippen LogP) is 4.58. The largest absolute Gasteiger partial charge is 0.388 e. The highest BCUT2D eigenvalue weighted by molar-refractivity contribution is 5.67. The molecule has 0 saturated heterocycles. The van der Waals surface area contributed by atoms with E-state index in [1.807, 2.05) is 13.1 Å². The van der Waals surface area contributed by atoms with E-state index in [1.165, 1.54) is 6.42 Å². The summed E-state index contributed by atoms with van der Waals surface area (Å²) < 4.78 is 0. The van der Waals surface area contributed by atoms with E-state index >= 15 is 0 Å². The van der Waals surface area contributed by atoms with Gasteiger partial charge in [-0.05, 0) is 62.3 Å². The first-order valence-electron chi connectivity index (χ1n) is 8.92. The minimum Gasteiger partial charge on any atom is -0.388 e. The smallest absolute Gasteiger partial charge is 0.124 e. The molecule has 0 unspecified atom stereocenters. The lowest BCUT2D eigenvalue weighted by Gasteiger charge is -2.47. The SMILES string of the molecule is CNc1ccc(N(OC(C)(C)C(C)(C)C)C2CCC2)cc1CC=O. The van der Waals surface area contributed by atoms with Gasteiger partial charge < -0.3 is 10.1 Å². The third kappa shape index (κ3) is 3.92. The van der Waals surface area contributed by atoms with Gasteiger partial charge in [-0.3, -0.25) is 9.90 Å². The van der Waals surface area contributed by atoms with Gasteiger partial charge in [0.1, 0.15) is 6.29 Å². The molecule has 4 nitrogen and oxygen atoms in total. The maximum Gasteiger partial charge on any atom is 0.124 e. The molecule has 0 aromatic heterocycles. The van der Waals surface area contributed by atoms with Crippen molar-refractivity contribution >= 4 is 17.7 Å². The number of nitrogens with zero attached hydrogens (tertiary/aromatic N) is 1. The molecule has 1 aromatic carbocycles. The van der Waals surface area contributed by atoms with Gasteiger partial charge in [0.2, 0.25) is 0 Å². The Bertz CT molecular complexity index is 571. The molecule has 24 heavy (non-hydrogen) atoms. The number of benzene rings is 1. The Morgan fingerprint density at radius 3 is 2.38 bits per heavy atom. The minimum absolute atomic E-state index is 0.0194. The van der Waals surface area contributed by atoms with Gasteiger partial charge in [-0.2, -0.15) is 0 Å². The molecule has 4 heteroatoms. The average Bonchev–Trinajstić information content (AvgIpc) is 2.43. The highest BCUT2D eigenvalue weighted by Crippen LogP contribution is 2.39. The van der Waals surface area contributed by atoms with Crippen LogP contribution in [0.2, 0.25) is 0 Å². The van der Waals surface area contributed by atoms with Crippen molar-refractivity contribution in [2.45, 2.75) is 71.9 Å². The fraction of sp³-hybridized carbons (Fsp3) is 0.650. The standard InChI is InChI=1S/C20H32N2O2/c1-19(2,3)20(4,5)24-22(16-8-7-9-16)17-10-11-18(21-6)15(14-17)12-13-23/h10-11,13-14,16,21H,7-9,12H2,1-6H3. The fourth-order valence-corrected chi connectivity index (χ4v) is 2.56. The van der Waals surface area contributed by atoms with Gasteiger partial charge in [0.05, 0.1) is 17.3 Å². The van der Waals surface area contributed by atoms with Crippen molar-refractivity contribution in [3.8, 4) is 0 Å². The van der Waals surface area contributed by atoms with Gasteiger partial charge in [0.25, 0.3) is 0 Å². The molecule has 0 radical (unpaired) electrons. The molecule has 0 spiro atoms. The summed E-state index contributed by atoms with van der Waals surface area (Å²) in [5, 5.41) is 5.24. The molecule has 1 saturated carbocycles. The van der Waals surface area contributed by atoms with Gasteiger partial charge >= 0.3 is 0 Å². The lowest BCUT2D eigenvalue weighted by atomic mass is 9.79. The maximum atomic E-state index is 11.0. The second-order valence-corrected chi connectivity index (χ2v) is 8.22. The van der Waals surface area contributed by atoms with E-state index in [4.69, 9.17) is 4.84 Å². The summed E-state index contributed by atoms with van der Waals surface area (Å²) in [6.45, 7) is 10.9. The third-order valence-electron chi connectivity index (χ3n) is 5.45. The number of rotatable bonds is 7. The number of nitrogens with one attached hydrogen (secondary N) is 1. The van der Waals surface area contributed by atoms with Gasteiger partial charge in [0.15, 0.2) is 0 Å². The molecule has 1 aromatic rings. The second kappa shape index (κ2) is 7.14. The van der Waals surface area contributed by atoms with E-state index in [-0.39, 0.29) is 11.0 Å². The van der Waals surface area contributed by atoms with Gasteiger partial charge in [-0.15, -0.1) is 0 Å². The Labute approximate surface area is 146 Å². The zero-order chi connectivity index (χ0) is 18.0. The minimum atomic E-state index is -0.297. The molecule has 0 aliphatic heterocycles. The molecule has 0 amide bonds. The van der Waals surface area contributed by atoms with Crippen LogP contribution in [0.25, 0.3) is 0 Å². The predicted molar refractivity (Wildman–Crippen MR) is 100 cm³/mol. The number of carbonyl (C=O) groups excluding carboxylic acids is 1. The molecule has 1 aliphatic rings. The van der Waals surface area contributed by atoms with E-state index < -0.39 is 0 Å². The van der Waals surface area contributed by atoms with Gasteiger partial charge in [0, 0.05) is 19.2 Å². The van der Waals surface area contributed by atoms with E-state index in [0.717, 1.165) is 36.1 Å². The summed E-state index contributed by atoms with van der Waals surface area (Å²) in [6, 6.07) is 6.61. The third-order valence-corrected chi connectivity index (χ3v) is 5.45. The van der Waals surface area contributed by atoms with E-state index in [1.54, 1.807) is 0 Å². The molecule has 0 atom stereocenters. The Hall–Kier alpha value is -1.55. The lowest BCUT2D eigenvalue weighted by molar-refractivity contribution is -0.116. The van der Waals surface area contributed by atoms with Crippen LogP contribution < -0.4 is 10.4 Å². The topological polar surface area (TPSA) is 41.6 Å². The van der Waals surface area contributed by atoms with Crippen LogP contribution in [0.4, 0.5) is 11.4 Å². The lowest BCUT2D eigenvalue weighted by Crippen LogP contribution is -2.50. The van der Waals surface area contributed by atoms with Crippen molar-refractivity contribution in [1.29, 1.82) is 0 Å². The summed E-state index contributed by atoms with van der Waals surface area (Å²) in [4.78, 5) is 17.5. The molecular formula is C20H32N2O2. The molecule has 134 valence electrons. The zero-order valence-electron chi connectivity index (χ0n) is 16.0. The van der Waals surface area contributed by atoms with E-state index in [2.05, 4.69) is 57.1 Å². The molecule has 0 bridgehead atoms. The Morgan fingerprint density at radius 2 is 1.92 bits per heavy atom. The monoisotopic (exact) mass is 332 g/mol. The number of hydrogen-bond acceptors (Lipinski definition) is 4. The molecule has 1 aliphatic carbocycles. The van der Waals surface area contributed by atoms with Crippen molar-refractivity contribution in [1.82, 2.24) is 0 Å². The first-order valence-corrected chi connectivity index (χ1v) is 8.92. The van der Waals surface area contributed by atoms with Gasteiger partial charge in [-0.1, -0.05) is 20.8 Å². The maximum absolute atomic E-state index is 11.0. The van der Waals surface area contributed by atoms with Crippen molar-refractivity contribution in [3.05, 3.63) is 23.8 Å². The summed E-state index contributed by atoms with van der Waals surface area (Å²) in [7, 11) is 1.88. The summed E-state index contributed by atoms with van der Waals surface area (Å²) in [6.07, 6.45) is 4.91. The van der Waals surface area contributed by atoms with Crippen molar-refractivity contribution in [3.63, 3.8) is 0 Å². The number of hydrogen-bond donors (Lipinski definition) is 1. The van der Waals surface area contributed by atoms with Crippen molar-refractivity contribution in [2.24, 2.45) is 5.41 Å². The Balaban J connectivity index is 2.34. The molecule has 2 rings (SSSR count). The average molecular weight is 332 g/mol. The summed E-state index contributed by atoms with van der Waals surface area (Å²) in [5.41, 5.74) is 2.76. The molecular weight excluding hydrogens is 300 g/mol. The van der Waals surface area contributed by atoms with Crippen LogP contribution in [0.5, 0.6) is 0 Å². The van der Waals surface area contributed by atoms with Crippen LogP contribution in [0.3, 0.4) is 0 Å².